The standard InChI is InChI=1S/C11H14N2O2/c1-3-4-10(12)11(14)13-7-9-6-5-8(2)15-9/h1,5-6,10H,4,7,12H2,2H3,(H,13,14). The molecule has 1 heterocycles. The van der Waals surface area contributed by atoms with Gasteiger partial charge in [-0.05, 0) is 19.1 Å². The fourth-order valence-electron chi connectivity index (χ4n) is 1.11. The minimum atomic E-state index is -0.647. The van der Waals surface area contributed by atoms with Gasteiger partial charge in [0.2, 0.25) is 5.91 Å². The number of hydrogen-bond acceptors (Lipinski definition) is 3. The second-order valence-corrected chi connectivity index (χ2v) is 3.24. The molecule has 0 saturated heterocycles. The fourth-order valence-corrected chi connectivity index (χ4v) is 1.11. The van der Waals surface area contributed by atoms with Crippen LogP contribution in [0.1, 0.15) is 17.9 Å². The molecule has 0 aliphatic rings. The van der Waals surface area contributed by atoms with Crippen molar-refractivity contribution in [2.45, 2.75) is 25.9 Å². The largest absolute Gasteiger partial charge is 0.465 e. The SMILES string of the molecule is C#CCC(N)C(=O)NCc1ccc(C)o1. The van der Waals surface area contributed by atoms with Crippen molar-refractivity contribution in [1.29, 1.82) is 0 Å². The topological polar surface area (TPSA) is 68.3 Å². The van der Waals surface area contributed by atoms with Crippen LogP contribution in [0, 0.1) is 19.3 Å². The van der Waals surface area contributed by atoms with Crippen molar-refractivity contribution < 1.29 is 9.21 Å². The zero-order chi connectivity index (χ0) is 11.3. The molecule has 1 rings (SSSR count). The van der Waals surface area contributed by atoms with E-state index in [-0.39, 0.29) is 12.3 Å². The van der Waals surface area contributed by atoms with E-state index in [0.29, 0.717) is 12.3 Å². The Bertz CT molecular complexity index is 376. The van der Waals surface area contributed by atoms with Crippen molar-refractivity contribution >= 4 is 5.91 Å². The molecule has 0 aromatic carbocycles. The first-order valence-electron chi connectivity index (χ1n) is 4.65. The van der Waals surface area contributed by atoms with E-state index < -0.39 is 6.04 Å². The van der Waals surface area contributed by atoms with Gasteiger partial charge >= 0.3 is 0 Å². The van der Waals surface area contributed by atoms with Crippen LogP contribution >= 0.6 is 0 Å². The average Bonchev–Trinajstić information content (AvgIpc) is 2.61. The summed E-state index contributed by atoms with van der Waals surface area (Å²) >= 11 is 0. The maximum Gasteiger partial charge on any atom is 0.238 e. The molecule has 1 atom stereocenters. The molecule has 0 spiro atoms. The van der Waals surface area contributed by atoms with Crippen LogP contribution in [-0.2, 0) is 11.3 Å². The Morgan fingerprint density at radius 1 is 1.73 bits per heavy atom. The Labute approximate surface area is 88.8 Å². The molecule has 3 N–H and O–H groups in total. The average molecular weight is 206 g/mol. The van der Waals surface area contributed by atoms with Crippen molar-refractivity contribution in [2.75, 3.05) is 0 Å². The molecule has 0 radical (unpaired) electrons. The maximum absolute atomic E-state index is 11.3. The first-order valence-corrected chi connectivity index (χ1v) is 4.65. The van der Waals surface area contributed by atoms with E-state index in [1.165, 1.54) is 0 Å². The molecule has 4 heteroatoms. The van der Waals surface area contributed by atoms with Crippen LogP contribution in [0.2, 0.25) is 0 Å². The lowest BCUT2D eigenvalue weighted by atomic mass is 10.2. The summed E-state index contributed by atoms with van der Waals surface area (Å²) in [4.78, 5) is 11.3. The monoisotopic (exact) mass is 206 g/mol. The van der Waals surface area contributed by atoms with Gasteiger partial charge in [0.15, 0.2) is 0 Å². The minimum absolute atomic E-state index is 0.239. The zero-order valence-corrected chi connectivity index (χ0v) is 8.62. The number of terminal acetylenes is 1. The van der Waals surface area contributed by atoms with Gasteiger partial charge in [0.1, 0.15) is 11.5 Å². The Kier molecular flexibility index (Phi) is 3.95. The molecule has 0 bridgehead atoms. The van der Waals surface area contributed by atoms with Crippen LogP contribution in [0.25, 0.3) is 0 Å². The van der Waals surface area contributed by atoms with Crippen molar-refractivity contribution in [3.8, 4) is 12.3 Å². The van der Waals surface area contributed by atoms with Gasteiger partial charge in [-0.1, -0.05) is 0 Å². The lowest BCUT2D eigenvalue weighted by Gasteiger charge is -2.07. The third kappa shape index (κ3) is 3.49. The summed E-state index contributed by atoms with van der Waals surface area (Å²) in [7, 11) is 0. The number of rotatable bonds is 4. The highest BCUT2D eigenvalue weighted by molar-refractivity contribution is 5.81. The van der Waals surface area contributed by atoms with Crippen LogP contribution in [0.5, 0.6) is 0 Å². The number of carbonyl (C=O) groups excluding carboxylic acids is 1. The molecule has 1 amide bonds. The van der Waals surface area contributed by atoms with Crippen LogP contribution < -0.4 is 11.1 Å². The Morgan fingerprint density at radius 3 is 3.00 bits per heavy atom. The fraction of sp³-hybridized carbons (Fsp3) is 0.364. The van der Waals surface area contributed by atoms with Gasteiger partial charge < -0.3 is 15.5 Å². The van der Waals surface area contributed by atoms with Crippen molar-refractivity contribution in [3.05, 3.63) is 23.7 Å². The van der Waals surface area contributed by atoms with Crippen molar-refractivity contribution in [2.24, 2.45) is 5.73 Å². The molecule has 1 unspecified atom stereocenters. The number of amides is 1. The van der Waals surface area contributed by atoms with E-state index in [9.17, 15) is 4.79 Å². The lowest BCUT2D eigenvalue weighted by molar-refractivity contribution is -0.122. The van der Waals surface area contributed by atoms with E-state index in [1.807, 2.05) is 19.1 Å². The van der Waals surface area contributed by atoms with E-state index in [4.69, 9.17) is 16.6 Å². The third-order valence-corrected chi connectivity index (χ3v) is 1.91. The Hall–Kier alpha value is -1.73. The smallest absolute Gasteiger partial charge is 0.238 e. The lowest BCUT2D eigenvalue weighted by Crippen LogP contribution is -2.39. The number of aryl methyl sites for hydroxylation is 1. The molecule has 0 fully saturated rings. The molecule has 0 aliphatic carbocycles. The number of carbonyl (C=O) groups is 1. The summed E-state index contributed by atoms with van der Waals surface area (Å²) in [5.74, 6) is 3.59. The molecular formula is C11H14N2O2. The Balaban J connectivity index is 2.38. The maximum atomic E-state index is 11.3. The quantitative estimate of drug-likeness (QED) is 0.707. The van der Waals surface area contributed by atoms with Crippen LogP contribution in [0.3, 0.4) is 0 Å². The van der Waals surface area contributed by atoms with E-state index in [0.717, 1.165) is 5.76 Å². The molecule has 1 aromatic rings. The second-order valence-electron chi connectivity index (χ2n) is 3.24. The molecular weight excluding hydrogens is 192 g/mol. The van der Waals surface area contributed by atoms with Crippen LogP contribution in [-0.4, -0.2) is 11.9 Å². The number of nitrogens with one attached hydrogen (secondary N) is 1. The first-order chi connectivity index (χ1) is 7.13. The van der Waals surface area contributed by atoms with Gasteiger partial charge in [-0.25, -0.2) is 0 Å². The summed E-state index contributed by atoms with van der Waals surface area (Å²) in [5, 5.41) is 2.64. The predicted octanol–water partition coefficient (Wildman–Crippen LogP) is 0.555. The number of furan rings is 1. The molecule has 15 heavy (non-hydrogen) atoms. The first kappa shape index (κ1) is 11.3. The minimum Gasteiger partial charge on any atom is -0.465 e. The number of hydrogen-bond donors (Lipinski definition) is 2. The number of nitrogens with two attached hydrogens (primary N) is 1. The predicted molar refractivity (Wildman–Crippen MR) is 56.7 cm³/mol. The molecule has 4 nitrogen and oxygen atoms in total. The van der Waals surface area contributed by atoms with Crippen molar-refractivity contribution in [1.82, 2.24) is 5.32 Å². The zero-order valence-electron chi connectivity index (χ0n) is 8.62. The van der Waals surface area contributed by atoms with Gasteiger partial charge in [0.05, 0.1) is 12.6 Å². The van der Waals surface area contributed by atoms with Gasteiger partial charge in [-0.15, -0.1) is 12.3 Å². The molecule has 1 aromatic heterocycles. The highest BCUT2D eigenvalue weighted by atomic mass is 16.3. The highest BCUT2D eigenvalue weighted by Crippen LogP contribution is 2.05. The van der Waals surface area contributed by atoms with Crippen LogP contribution in [0.15, 0.2) is 16.5 Å². The van der Waals surface area contributed by atoms with E-state index in [2.05, 4.69) is 11.2 Å². The summed E-state index contributed by atoms with van der Waals surface area (Å²) in [6.07, 6.45) is 5.29. The van der Waals surface area contributed by atoms with Crippen molar-refractivity contribution in [3.63, 3.8) is 0 Å². The summed E-state index contributed by atoms with van der Waals surface area (Å²) < 4.78 is 5.28. The molecule has 80 valence electrons. The summed E-state index contributed by atoms with van der Waals surface area (Å²) in [5.41, 5.74) is 5.51. The second kappa shape index (κ2) is 5.23. The van der Waals surface area contributed by atoms with E-state index in [1.54, 1.807) is 0 Å². The molecule has 0 aliphatic heterocycles. The van der Waals surface area contributed by atoms with Gasteiger partial charge in [-0.3, -0.25) is 4.79 Å². The third-order valence-electron chi connectivity index (χ3n) is 1.91. The van der Waals surface area contributed by atoms with Gasteiger partial charge in [0.25, 0.3) is 0 Å². The normalized spacial score (nSPS) is 11.8. The highest BCUT2D eigenvalue weighted by Gasteiger charge is 2.11. The van der Waals surface area contributed by atoms with E-state index >= 15 is 0 Å². The van der Waals surface area contributed by atoms with Gasteiger partial charge in [0, 0.05) is 6.42 Å². The molecule has 0 saturated carbocycles. The Morgan fingerprint density at radius 2 is 2.47 bits per heavy atom. The van der Waals surface area contributed by atoms with Crippen LogP contribution in [0.4, 0.5) is 0 Å². The summed E-state index contributed by atoms with van der Waals surface area (Å²) in [6.45, 7) is 2.18. The summed E-state index contributed by atoms with van der Waals surface area (Å²) in [6, 6.07) is 3.00. The van der Waals surface area contributed by atoms with Gasteiger partial charge in [-0.2, -0.15) is 0 Å².